The summed E-state index contributed by atoms with van der Waals surface area (Å²) in [5.41, 5.74) is 1.86. The second kappa shape index (κ2) is 8.00. The highest BCUT2D eigenvalue weighted by atomic mass is 32.1. The standard InChI is InChI=1S/C24H19N3O2S/c30-24-26-22(20-9-4-5-15-25-20)23(21-10-6-16-28-21)27(24)17-11-13-19(14-12-17)29-18-7-2-1-3-8-18/h1-16,22-23H,(H,26,30)/t22-,23+/m0/s1. The van der Waals surface area contributed by atoms with Crippen LogP contribution in [0.25, 0.3) is 0 Å². The molecule has 0 spiro atoms. The smallest absolute Gasteiger partial charge is 0.174 e. The number of furan rings is 1. The Hall–Kier alpha value is -3.64. The lowest BCUT2D eigenvalue weighted by atomic mass is 10.0. The van der Waals surface area contributed by atoms with Crippen molar-refractivity contribution in [2.75, 3.05) is 4.90 Å². The van der Waals surface area contributed by atoms with Gasteiger partial charge in [-0.25, -0.2) is 0 Å². The molecule has 148 valence electrons. The average molecular weight is 414 g/mol. The van der Waals surface area contributed by atoms with E-state index in [0.717, 1.165) is 28.6 Å². The molecule has 2 aromatic carbocycles. The molecule has 2 atom stereocenters. The molecule has 1 aliphatic heterocycles. The van der Waals surface area contributed by atoms with E-state index in [1.165, 1.54) is 0 Å². The minimum absolute atomic E-state index is 0.120. The Morgan fingerprint density at radius 3 is 2.33 bits per heavy atom. The van der Waals surface area contributed by atoms with Crippen molar-refractivity contribution in [1.29, 1.82) is 0 Å². The van der Waals surface area contributed by atoms with Gasteiger partial charge in [0.15, 0.2) is 5.11 Å². The summed E-state index contributed by atoms with van der Waals surface area (Å²) in [5, 5.41) is 4.04. The third kappa shape index (κ3) is 3.53. The molecule has 0 aliphatic carbocycles. The molecule has 0 bridgehead atoms. The third-order valence-corrected chi connectivity index (χ3v) is 5.34. The van der Waals surface area contributed by atoms with E-state index >= 15 is 0 Å². The lowest BCUT2D eigenvalue weighted by Crippen LogP contribution is -2.29. The first-order valence-electron chi connectivity index (χ1n) is 9.66. The van der Waals surface area contributed by atoms with E-state index in [1.807, 2.05) is 84.9 Å². The summed E-state index contributed by atoms with van der Waals surface area (Å²) < 4.78 is 11.7. The predicted molar refractivity (Wildman–Crippen MR) is 120 cm³/mol. The SMILES string of the molecule is S=C1N[C@@H](c2ccccn2)[C@@H](c2ccco2)N1c1ccc(Oc2ccccc2)cc1. The van der Waals surface area contributed by atoms with Gasteiger partial charge >= 0.3 is 0 Å². The van der Waals surface area contributed by atoms with Crippen LogP contribution in [0.5, 0.6) is 11.5 Å². The van der Waals surface area contributed by atoms with E-state index in [0.29, 0.717) is 5.11 Å². The van der Waals surface area contributed by atoms with E-state index in [1.54, 1.807) is 12.5 Å². The molecule has 1 fully saturated rings. The quantitative estimate of drug-likeness (QED) is 0.427. The molecule has 30 heavy (non-hydrogen) atoms. The maximum atomic E-state index is 5.92. The van der Waals surface area contributed by atoms with Crippen molar-refractivity contribution in [2.24, 2.45) is 0 Å². The van der Waals surface area contributed by atoms with Gasteiger partial charge in [0, 0.05) is 11.9 Å². The number of hydrogen-bond donors (Lipinski definition) is 1. The fraction of sp³-hybridized carbons (Fsp3) is 0.0833. The van der Waals surface area contributed by atoms with Gasteiger partial charge in [-0.05, 0) is 72.9 Å². The molecular formula is C24H19N3O2S. The second-order valence-electron chi connectivity index (χ2n) is 6.92. The number of nitrogens with one attached hydrogen (secondary N) is 1. The number of para-hydroxylation sites is 1. The number of nitrogens with zero attached hydrogens (tertiary/aromatic N) is 2. The highest BCUT2D eigenvalue weighted by Crippen LogP contribution is 2.41. The normalized spacial score (nSPS) is 18.3. The van der Waals surface area contributed by atoms with Crippen LogP contribution in [0, 0.1) is 0 Å². The zero-order valence-corrected chi connectivity index (χ0v) is 16.8. The molecule has 6 heteroatoms. The number of benzene rings is 2. The van der Waals surface area contributed by atoms with Crippen molar-refractivity contribution < 1.29 is 9.15 Å². The number of ether oxygens (including phenoxy) is 1. The number of thiocarbonyl (C=S) groups is 1. The first-order valence-corrected chi connectivity index (χ1v) is 10.1. The molecule has 1 aliphatic rings. The number of anilines is 1. The molecule has 0 radical (unpaired) electrons. The van der Waals surface area contributed by atoms with Crippen LogP contribution in [-0.2, 0) is 0 Å². The average Bonchev–Trinajstić information content (AvgIpc) is 3.43. The Bertz CT molecular complexity index is 1120. The molecule has 1 N–H and O–H groups in total. The zero-order chi connectivity index (χ0) is 20.3. The van der Waals surface area contributed by atoms with Gasteiger partial charge in [-0.1, -0.05) is 24.3 Å². The number of pyridine rings is 1. The molecule has 1 saturated heterocycles. The molecule has 5 nitrogen and oxygen atoms in total. The minimum Gasteiger partial charge on any atom is -0.467 e. The van der Waals surface area contributed by atoms with Crippen LogP contribution in [0.1, 0.15) is 23.5 Å². The summed E-state index contributed by atoms with van der Waals surface area (Å²) in [6.45, 7) is 0. The van der Waals surface area contributed by atoms with E-state index < -0.39 is 0 Å². The van der Waals surface area contributed by atoms with Crippen molar-refractivity contribution in [3.05, 3.63) is 109 Å². The first-order chi connectivity index (χ1) is 14.8. The fourth-order valence-electron chi connectivity index (χ4n) is 3.68. The largest absolute Gasteiger partial charge is 0.467 e. The van der Waals surface area contributed by atoms with Crippen LogP contribution < -0.4 is 15.0 Å². The second-order valence-corrected chi connectivity index (χ2v) is 7.31. The van der Waals surface area contributed by atoms with Crippen LogP contribution in [0.15, 0.2) is 102 Å². The highest BCUT2D eigenvalue weighted by molar-refractivity contribution is 7.80. The van der Waals surface area contributed by atoms with Gasteiger partial charge in [-0.2, -0.15) is 0 Å². The Morgan fingerprint density at radius 2 is 1.63 bits per heavy atom. The molecular weight excluding hydrogens is 394 g/mol. The number of hydrogen-bond acceptors (Lipinski definition) is 4. The van der Waals surface area contributed by atoms with Gasteiger partial charge in [0.1, 0.15) is 23.3 Å². The number of rotatable bonds is 5. The van der Waals surface area contributed by atoms with Gasteiger partial charge < -0.3 is 19.4 Å². The van der Waals surface area contributed by atoms with Crippen molar-refractivity contribution in [3.8, 4) is 11.5 Å². The molecule has 0 amide bonds. The maximum absolute atomic E-state index is 5.92. The van der Waals surface area contributed by atoms with Crippen LogP contribution in [0.4, 0.5) is 5.69 Å². The monoisotopic (exact) mass is 413 g/mol. The zero-order valence-electron chi connectivity index (χ0n) is 16.0. The predicted octanol–water partition coefficient (Wildman–Crippen LogP) is 5.64. The summed E-state index contributed by atoms with van der Waals surface area (Å²) in [7, 11) is 0. The number of aromatic nitrogens is 1. The fourth-order valence-corrected chi connectivity index (χ4v) is 4.03. The Labute approximate surface area is 179 Å². The van der Waals surface area contributed by atoms with Gasteiger partial charge in [0.05, 0.1) is 18.0 Å². The van der Waals surface area contributed by atoms with Crippen molar-refractivity contribution >= 4 is 23.0 Å². The molecule has 0 unspecified atom stereocenters. The van der Waals surface area contributed by atoms with E-state index in [-0.39, 0.29) is 12.1 Å². The molecule has 0 saturated carbocycles. The van der Waals surface area contributed by atoms with E-state index in [4.69, 9.17) is 21.4 Å². The van der Waals surface area contributed by atoms with E-state index in [9.17, 15) is 0 Å². The Kier molecular flexibility index (Phi) is 4.91. The Morgan fingerprint density at radius 1 is 0.867 bits per heavy atom. The highest BCUT2D eigenvalue weighted by Gasteiger charge is 2.42. The van der Waals surface area contributed by atoms with Gasteiger partial charge in [-0.15, -0.1) is 0 Å². The summed E-state index contributed by atoms with van der Waals surface area (Å²) in [6, 6.07) is 27.1. The van der Waals surface area contributed by atoms with Gasteiger partial charge in [-0.3, -0.25) is 4.98 Å². The van der Waals surface area contributed by atoms with Crippen LogP contribution in [0.3, 0.4) is 0 Å². The molecule has 4 aromatic rings. The van der Waals surface area contributed by atoms with Crippen LogP contribution in [0.2, 0.25) is 0 Å². The molecule has 3 heterocycles. The topological polar surface area (TPSA) is 50.5 Å². The third-order valence-electron chi connectivity index (χ3n) is 5.03. The lowest BCUT2D eigenvalue weighted by molar-refractivity contribution is 0.432. The maximum Gasteiger partial charge on any atom is 0.174 e. The summed E-state index contributed by atoms with van der Waals surface area (Å²) in [6.07, 6.45) is 3.47. The molecule has 2 aromatic heterocycles. The molecule has 5 rings (SSSR count). The van der Waals surface area contributed by atoms with Crippen LogP contribution >= 0.6 is 12.2 Å². The summed E-state index contributed by atoms with van der Waals surface area (Å²) in [5.74, 6) is 2.38. The van der Waals surface area contributed by atoms with Crippen molar-refractivity contribution in [2.45, 2.75) is 12.1 Å². The minimum atomic E-state index is -0.150. The van der Waals surface area contributed by atoms with Crippen molar-refractivity contribution in [1.82, 2.24) is 10.3 Å². The Balaban J connectivity index is 1.47. The van der Waals surface area contributed by atoms with Crippen LogP contribution in [-0.4, -0.2) is 10.1 Å². The summed E-state index contributed by atoms with van der Waals surface area (Å²) >= 11 is 5.70. The van der Waals surface area contributed by atoms with Crippen molar-refractivity contribution in [3.63, 3.8) is 0 Å². The van der Waals surface area contributed by atoms with E-state index in [2.05, 4.69) is 15.2 Å². The van der Waals surface area contributed by atoms with Gasteiger partial charge in [0.25, 0.3) is 0 Å². The summed E-state index contributed by atoms with van der Waals surface area (Å²) in [4.78, 5) is 6.60. The van der Waals surface area contributed by atoms with Gasteiger partial charge in [0.2, 0.25) is 0 Å². The lowest BCUT2D eigenvalue weighted by Gasteiger charge is -2.26. The first kappa shape index (κ1) is 18.4.